The molecule has 0 aliphatic rings. The van der Waals surface area contributed by atoms with Gasteiger partial charge in [0.15, 0.2) is 0 Å². The van der Waals surface area contributed by atoms with Crippen molar-refractivity contribution in [3.63, 3.8) is 0 Å². The molecular formula is C53H47N3OS. The Morgan fingerprint density at radius 1 is 0.552 bits per heavy atom. The highest BCUT2D eigenvalue weighted by molar-refractivity contribution is 7.22. The summed E-state index contributed by atoms with van der Waals surface area (Å²) in [5.74, 6) is 1.08. The first-order valence-electron chi connectivity index (χ1n) is 20.0. The quantitative estimate of drug-likeness (QED) is 0.183. The molecule has 6 aromatic carbocycles. The van der Waals surface area contributed by atoms with Gasteiger partial charge in [-0.2, -0.15) is 0 Å². The van der Waals surface area contributed by atoms with Gasteiger partial charge < -0.3 is 5.11 Å². The molecule has 0 aliphatic heterocycles. The van der Waals surface area contributed by atoms with E-state index in [1.807, 2.05) is 18.2 Å². The summed E-state index contributed by atoms with van der Waals surface area (Å²) in [6, 6.07) is 53.0. The van der Waals surface area contributed by atoms with Gasteiger partial charge in [-0.3, -0.25) is 4.57 Å². The van der Waals surface area contributed by atoms with E-state index >= 15 is 0 Å². The molecular weight excluding hydrogens is 727 g/mol. The maximum atomic E-state index is 11.3. The van der Waals surface area contributed by atoms with Crippen LogP contribution in [0.15, 0.2) is 152 Å². The summed E-state index contributed by atoms with van der Waals surface area (Å²) >= 11 is 1.77. The first-order valence-corrected chi connectivity index (χ1v) is 20.8. The fraction of sp³-hybridized carbons (Fsp3) is 0.170. The van der Waals surface area contributed by atoms with Crippen molar-refractivity contribution in [2.24, 2.45) is 0 Å². The number of phenols is 1. The van der Waals surface area contributed by atoms with E-state index < -0.39 is 0 Å². The molecule has 58 heavy (non-hydrogen) atoms. The Hall–Kier alpha value is -6.30. The minimum Gasteiger partial charge on any atom is -0.507 e. The number of phenolic OH excluding ortho intramolecular Hbond substituents is 1. The molecule has 0 bridgehead atoms. The molecule has 9 rings (SSSR count). The van der Waals surface area contributed by atoms with Gasteiger partial charge in [0.05, 0.1) is 28.1 Å². The summed E-state index contributed by atoms with van der Waals surface area (Å²) in [5.41, 5.74) is 14.2. The predicted octanol–water partition coefficient (Wildman–Crippen LogP) is 14.6. The second kappa shape index (κ2) is 14.3. The zero-order valence-electron chi connectivity index (χ0n) is 34.1. The van der Waals surface area contributed by atoms with Crippen molar-refractivity contribution in [2.75, 3.05) is 0 Å². The topological polar surface area (TPSA) is 50.9 Å². The third-order valence-electron chi connectivity index (χ3n) is 11.2. The lowest BCUT2D eigenvalue weighted by molar-refractivity contribution is 0.477. The van der Waals surface area contributed by atoms with E-state index in [9.17, 15) is 5.11 Å². The van der Waals surface area contributed by atoms with Crippen LogP contribution in [0, 0.1) is 6.92 Å². The number of hydrogen-bond acceptors (Lipinski definition) is 4. The molecule has 3 heterocycles. The monoisotopic (exact) mass is 773 g/mol. The second-order valence-corrected chi connectivity index (χ2v) is 18.3. The van der Waals surface area contributed by atoms with Crippen LogP contribution in [0.2, 0.25) is 0 Å². The highest BCUT2D eigenvalue weighted by atomic mass is 32.1. The molecule has 0 spiro atoms. The van der Waals surface area contributed by atoms with Crippen LogP contribution in [-0.4, -0.2) is 19.6 Å². The Morgan fingerprint density at radius 2 is 1.14 bits per heavy atom. The van der Waals surface area contributed by atoms with Gasteiger partial charge in [0.2, 0.25) is 0 Å². The number of para-hydroxylation sites is 3. The molecule has 0 saturated carbocycles. The third kappa shape index (κ3) is 6.59. The molecule has 5 heteroatoms. The number of aromatic nitrogens is 3. The van der Waals surface area contributed by atoms with Crippen LogP contribution in [0.3, 0.4) is 0 Å². The van der Waals surface area contributed by atoms with Crippen molar-refractivity contribution in [1.29, 1.82) is 0 Å². The van der Waals surface area contributed by atoms with Crippen molar-refractivity contribution in [3.8, 4) is 66.9 Å². The van der Waals surface area contributed by atoms with E-state index in [0.717, 1.165) is 71.8 Å². The maximum absolute atomic E-state index is 11.3. The number of fused-ring (bicyclic) bond motifs is 2. The average Bonchev–Trinajstić information content (AvgIpc) is 3.78. The smallest absolute Gasteiger partial charge is 0.145 e. The number of aryl methyl sites for hydroxylation is 1. The normalized spacial score (nSPS) is 12.1. The molecule has 0 aliphatic carbocycles. The standard InChI is InChI=1S/C53H47N3OS/c1-33-47-46(58-50(33)35-21-12-9-13-22-35)32-42(54-49(47)41-24-15-17-28-45(41)57)40-25-18-27-44-48(40)55-51(36-29-37(52(2,3)4)31-38(30-36)53(5,6)7)56(44)43-26-16-14-23-39(43)34-19-10-8-11-20-34/h8-32,57H,1-7H3. The van der Waals surface area contributed by atoms with Gasteiger partial charge in [0.1, 0.15) is 11.6 Å². The summed E-state index contributed by atoms with van der Waals surface area (Å²) in [4.78, 5) is 12.3. The maximum Gasteiger partial charge on any atom is 0.145 e. The van der Waals surface area contributed by atoms with E-state index in [-0.39, 0.29) is 16.6 Å². The Bertz CT molecular complexity index is 2950. The lowest BCUT2D eigenvalue weighted by Gasteiger charge is -2.26. The molecule has 0 amide bonds. The van der Waals surface area contributed by atoms with Crippen LogP contribution in [0.25, 0.3) is 82.3 Å². The van der Waals surface area contributed by atoms with Crippen LogP contribution >= 0.6 is 11.3 Å². The summed E-state index contributed by atoms with van der Waals surface area (Å²) in [6.07, 6.45) is 0. The van der Waals surface area contributed by atoms with Gasteiger partial charge >= 0.3 is 0 Å². The number of pyridine rings is 1. The van der Waals surface area contributed by atoms with E-state index in [1.165, 1.54) is 21.6 Å². The first kappa shape index (κ1) is 37.3. The van der Waals surface area contributed by atoms with Crippen LogP contribution < -0.4 is 0 Å². The lowest BCUT2D eigenvalue weighted by Crippen LogP contribution is -2.17. The van der Waals surface area contributed by atoms with Gasteiger partial charge in [-0.25, -0.2) is 9.97 Å². The Balaban J connectivity index is 1.37. The molecule has 1 N–H and O–H groups in total. The van der Waals surface area contributed by atoms with Crippen LogP contribution in [0.5, 0.6) is 5.75 Å². The number of benzene rings is 6. The molecule has 3 aromatic heterocycles. The van der Waals surface area contributed by atoms with Crippen molar-refractivity contribution >= 4 is 32.5 Å². The number of aromatic hydroxyl groups is 1. The van der Waals surface area contributed by atoms with E-state index in [4.69, 9.17) is 9.97 Å². The SMILES string of the molecule is Cc1c(-c2ccccc2)sc2cc(-c3cccc4c3nc(-c3cc(C(C)(C)C)cc(C(C)(C)C)c3)n4-c3ccccc3-c3ccccc3)nc(-c3ccccc3O)c12. The molecule has 0 saturated heterocycles. The van der Waals surface area contributed by atoms with Gasteiger partial charge in [0, 0.05) is 37.2 Å². The van der Waals surface area contributed by atoms with Crippen LogP contribution in [0.4, 0.5) is 0 Å². The van der Waals surface area contributed by atoms with Gasteiger partial charge in [-0.15, -0.1) is 11.3 Å². The Kier molecular flexibility index (Phi) is 9.17. The molecule has 0 fully saturated rings. The number of rotatable bonds is 6. The summed E-state index contributed by atoms with van der Waals surface area (Å²) < 4.78 is 3.46. The highest BCUT2D eigenvalue weighted by Crippen LogP contribution is 2.46. The molecule has 4 nitrogen and oxygen atoms in total. The molecule has 286 valence electrons. The lowest BCUT2D eigenvalue weighted by atomic mass is 9.79. The van der Waals surface area contributed by atoms with Crippen LogP contribution in [0.1, 0.15) is 58.2 Å². The van der Waals surface area contributed by atoms with Crippen molar-refractivity contribution in [2.45, 2.75) is 59.3 Å². The zero-order valence-corrected chi connectivity index (χ0v) is 34.9. The van der Waals surface area contributed by atoms with Crippen molar-refractivity contribution < 1.29 is 5.11 Å². The molecule has 0 unspecified atom stereocenters. The minimum absolute atomic E-state index is 0.0733. The van der Waals surface area contributed by atoms with Crippen molar-refractivity contribution in [3.05, 3.63) is 168 Å². The molecule has 9 aromatic rings. The number of imidazole rings is 1. The number of nitrogens with zero attached hydrogens (tertiary/aromatic N) is 3. The number of thiophene rings is 1. The van der Waals surface area contributed by atoms with Crippen LogP contribution in [-0.2, 0) is 10.8 Å². The average molecular weight is 774 g/mol. The second-order valence-electron chi connectivity index (χ2n) is 17.3. The first-order chi connectivity index (χ1) is 27.9. The van der Waals surface area contributed by atoms with Gasteiger partial charge in [-0.05, 0) is 88.0 Å². The van der Waals surface area contributed by atoms with Gasteiger partial charge in [-0.1, -0.05) is 151 Å². The summed E-state index contributed by atoms with van der Waals surface area (Å²) in [5, 5.41) is 12.3. The molecule has 0 atom stereocenters. The Labute approximate surface area is 345 Å². The molecule has 0 radical (unpaired) electrons. The van der Waals surface area contributed by atoms with E-state index in [1.54, 1.807) is 17.4 Å². The van der Waals surface area contributed by atoms with E-state index in [0.29, 0.717) is 5.56 Å². The Morgan fingerprint density at radius 3 is 1.79 bits per heavy atom. The predicted molar refractivity (Wildman–Crippen MR) is 245 cm³/mol. The minimum atomic E-state index is -0.0733. The number of hydrogen-bond donors (Lipinski definition) is 1. The van der Waals surface area contributed by atoms with E-state index in [2.05, 4.69) is 180 Å². The zero-order chi connectivity index (χ0) is 40.3. The van der Waals surface area contributed by atoms with Crippen molar-refractivity contribution in [1.82, 2.24) is 14.5 Å². The summed E-state index contributed by atoms with van der Waals surface area (Å²) in [7, 11) is 0. The van der Waals surface area contributed by atoms with Gasteiger partial charge in [0.25, 0.3) is 0 Å². The highest BCUT2D eigenvalue weighted by Gasteiger charge is 2.26. The fourth-order valence-electron chi connectivity index (χ4n) is 8.03. The fourth-order valence-corrected chi connectivity index (χ4v) is 9.28. The largest absolute Gasteiger partial charge is 0.507 e. The third-order valence-corrected chi connectivity index (χ3v) is 12.5. The summed E-state index contributed by atoms with van der Waals surface area (Å²) in [6.45, 7) is 15.9.